The molecule has 3 rings (SSSR count). The van der Waals surface area contributed by atoms with Crippen LogP contribution in [0.3, 0.4) is 0 Å². The molecule has 3 amide bonds. The Morgan fingerprint density at radius 2 is 2.00 bits per heavy atom. The first-order chi connectivity index (χ1) is 13.0. The Labute approximate surface area is 161 Å². The van der Waals surface area contributed by atoms with Crippen molar-refractivity contribution in [3.63, 3.8) is 0 Å². The molecule has 0 aliphatic carbocycles. The number of primary amides is 1. The fraction of sp³-hybridized carbons (Fsp3) is 0.211. The number of rotatable bonds is 6. The molecular formula is C19H18ClN3O4. The predicted molar refractivity (Wildman–Crippen MR) is 102 cm³/mol. The molecule has 140 valence electrons. The van der Waals surface area contributed by atoms with Gasteiger partial charge in [0.2, 0.25) is 5.91 Å². The lowest BCUT2D eigenvalue weighted by atomic mass is 10.2. The van der Waals surface area contributed by atoms with E-state index in [0.717, 1.165) is 6.42 Å². The number of nitrogens with one attached hydrogen (secondary N) is 1. The summed E-state index contributed by atoms with van der Waals surface area (Å²) >= 11 is 5.85. The van der Waals surface area contributed by atoms with Crippen molar-refractivity contribution in [1.82, 2.24) is 0 Å². The number of nitrogens with zero attached hydrogens (tertiary/aromatic N) is 1. The summed E-state index contributed by atoms with van der Waals surface area (Å²) < 4.78 is 5.42. The minimum atomic E-state index is -0.703. The Balaban J connectivity index is 1.69. The zero-order valence-electron chi connectivity index (χ0n) is 14.4. The van der Waals surface area contributed by atoms with Crippen LogP contribution < -0.4 is 20.7 Å². The van der Waals surface area contributed by atoms with Gasteiger partial charge >= 0.3 is 0 Å². The van der Waals surface area contributed by atoms with Crippen LogP contribution in [-0.2, 0) is 9.59 Å². The highest BCUT2D eigenvalue weighted by atomic mass is 35.5. The molecule has 2 aromatic rings. The van der Waals surface area contributed by atoms with Crippen molar-refractivity contribution in [3.8, 4) is 5.75 Å². The number of hydrogen-bond acceptors (Lipinski definition) is 4. The van der Waals surface area contributed by atoms with Gasteiger partial charge in [0.25, 0.3) is 11.8 Å². The summed E-state index contributed by atoms with van der Waals surface area (Å²) in [6.07, 6.45) is 1.29. The van der Waals surface area contributed by atoms with Crippen molar-refractivity contribution in [2.45, 2.75) is 12.8 Å². The monoisotopic (exact) mass is 387 g/mol. The second-order valence-electron chi connectivity index (χ2n) is 6.01. The van der Waals surface area contributed by atoms with Gasteiger partial charge in [-0.2, -0.15) is 0 Å². The van der Waals surface area contributed by atoms with E-state index in [0.29, 0.717) is 29.4 Å². The topological polar surface area (TPSA) is 102 Å². The number of carbonyl (C=O) groups is 3. The van der Waals surface area contributed by atoms with E-state index in [1.165, 1.54) is 18.2 Å². The molecule has 0 atom stereocenters. The number of nitrogens with two attached hydrogens (primary N) is 1. The van der Waals surface area contributed by atoms with Crippen LogP contribution in [0.4, 0.5) is 11.4 Å². The van der Waals surface area contributed by atoms with E-state index in [9.17, 15) is 14.4 Å². The molecule has 8 heteroatoms. The molecule has 0 bridgehead atoms. The SMILES string of the molecule is NC(=O)c1cc(Cl)ccc1OCC(=O)Nc1ccccc1N1CCCC1=O. The van der Waals surface area contributed by atoms with Gasteiger partial charge in [-0.1, -0.05) is 23.7 Å². The maximum Gasteiger partial charge on any atom is 0.262 e. The van der Waals surface area contributed by atoms with Crippen molar-refractivity contribution in [3.05, 3.63) is 53.1 Å². The largest absolute Gasteiger partial charge is 0.483 e. The number of amides is 3. The van der Waals surface area contributed by atoms with E-state index in [1.807, 2.05) is 0 Å². The van der Waals surface area contributed by atoms with Gasteiger partial charge < -0.3 is 20.7 Å². The second-order valence-corrected chi connectivity index (χ2v) is 6.44. The summed E-state index contributed by atoms with van der Waals surface area (Å²) in [5.41, 5.74) is 6.57. The number of benzene rings is 2. The van der Waals surface area contributed by atoms with Gasteiger partial charge in [0.15, 0.2) is 6.61 Å². The molecule has 27 heavy (non-hydrogen) atoms. The molecule has 0 spiro atoms. The lowest BCUT2D eigenvalue weighted by molar-refractivity contribution is -0.118. The first-order valence-electron chi connectivity index (χ1n) is 8.37. The van der Waals surface area contributed by atoms with Crippen LogP contribution in [0.1, 0.15) is 23.2 Å². The van der Waals surface area contributed by atoms with Crippen molar-refractivity contribution in [2.24, 2.45) is 5.73 Å². The van der Waals surface area contributed by atoms with E-state index in [-0.39, 0.29) is 23.8 Å². The first-order valence-corrected chi connectivity index (χ1v) is 8.75. The van der Waals surface area contributed by atoms with Gasteiger partial charge in [-0.3, -0.25) is 14.4 Å². The molecule has 0 unspecified atom stereocenters. The molecule has 0 aromatic heterocycles. The smallest absolute Gasteiger partial charge is 0.262 e. The lowest BCUT2D eigenvalue weighted by Gasteiger charge is -2.20. The number of anilines is 2. The molecule has 0 radical (unpaired) electrons. The van der Waals surface area contributed by atoms with Gasteiger partial charge in [0.05, 0.1) is 16.9 Å². The number of halogens is 1. The standard InChI is InChI=1S/C19H18ClN3O4/c20-12-7-8-16(13(10-12)19(21)26)27-11-17(24)22-14-4-1-2-5-15(14)23-9-3-6-18(23)25/h1-2,4-5,7-8,10H,3,6,9,11H2,(H2,21,26)(H,22,24). The average molecular weight is 388 g/mol. The second kappa shape index (κ2) is 8.09. The Bertz CT molecular complexity index is 900. The molecule has 1 aliphatic heterocycles. The first kappa shape index (κ1) is 18.7. The van der Waals surface area contributed by atoms with E-state index in [1.54, 1.807) is 29.2 Å². The average Bonchev–Trinajstić information content (AvgIpc) is 3.07. The van der Waals surface area contributed by atoms with Crippen LogP contribution in [0.25, 0.3) is 0 Å². The number of ether oxygens (including phenoxy) is 1. The van der Waals surface area contributed by atoms with E-state index < -0.39 is 11.8 Å². The third-order valence-corrected chi connectivity index (χ3v) is 4.34. The van der Waals surface area contributed by atoms with Gasteiger partial charge in [0, 0.05) is 18.0 Å². The summed E-state index contributed by atoms with van der Waals surface area (Å²) in [5, 5.41) is 3.08. The molecule has 1 heterocycles. The number of hydrogen-bond donors (Lipinski definition) is 2. The van der Waals surface area contributed by atoms with Gasteiger partial charge in [-0.15, -0.1) is 0 Å². The highest BCUT2D eigenvalue weighted by Crippen LogP contribution is 2.29. The van der Waals surface area contributed by atoms with Gasteiger partial charge in [-0.25, -0.2) is 0 Å². The Kier molecular flexibility index (Phi) is 5.61. The molecule has 1 aliphatic rings. The predicted octanol–water partition coefficient (Wildman–Crippen LogP) is 2.58. The van der Waals surface area contributed by atoms with Crippen LogP contribution in [0.15, 0.2) is 42.5 Å². The molecule has 3 N–H and O–H groups in total. The van der Waals surface area contributed by atoms with Gasteiger partial charge in [0.1, 0.15) is 5.75 Å². The van der Waals surface area contributed by atoms with Gasteiger partial charge in [-0.05, 0) is 36.8 Å². The Morgan fingerprint density at radius 3 is 2.70 bits per heavy atom. The summed E-state index contributed by atoms with van der Waals surface area (Å²) in [5.74, 6) is -0.935. The Morgan fingerprint density at radius 1 is 1.22 bits per heavy atom. The Hall–Kier alpha value is -3.06. The van der Waals surface area contributed by atoms with Crippen LogP contribution in [0.5, 0.6) is 5.75 Å². The zero-order chi connectivity index (χ0) is 19.4. The number of para-hydroxylation sites is 2. The molecule has 1 fully saturated rings. The molecule has 2 aromatic carbocycles. The highest BCUT2D eigenvalue weighted by molar-refractivity contribution is 6.31. The summed E-state index contributed by atoms with van der Waals surface area (Å²) in [7, 11) is 0. The van der Waals surface area contributed by atoms with Crippen molar-refractivity contribution < 1.29 is 19.1 Å². The summed E-state index contributed by atoms with van der Waals surface area (Å²) in [6, 6.07) is 11.5. The third-order valence-electron chi connectivity index (χ3n) is 4.11. The van der Waals surface area contributed by atoms with Crippen LogP contribution in [0, 0.1) is 0 Å². The lowest BCUT2D eigenvalue weighted by Crippen LogP contribution is -2.27. The zero-order valence-corrected chi connectivity index (χ0v) is 15.2. The minimum Gasteiger partial charge on any atom is -0.483 e. The summed E-state index contributed by atoms with van der Waals surface area (Å²) in [4.78, 5) is 37.4. The van der Waals surface area contributed by atoms with Crippen molar-refractivity contribution in [1.29, 1.82) is 0 Å². The molecule has 0 saturated carbocycles. The maximum atomic E-state index is 12.3. The fourth-order valence-corrected chi connectivity index (χ4v) is 3.04. The third kappa shape index (κ3) is 4.38. The van der Waals surface area contributed by atoms with Crippen LogP contribution in [-0.4, -0.2) is 30.9 Å². The maximum absolute atomic E-state index is 12.3. The fourth-order valence-electron chi connectivity index (χ4n) is 2.87. The van der Waals surface area contributed by atoms with Crippen LogP contribution >= 0.6 is 11.6 Å². The van der Waals surface area contributed by atoms with E-state index in [4.69, 9.17) is 22.1 Å². The highest BCUT2D eigenvalue weighted by Gasteiger charge is 2.24. The van der Waals surface area contributed by atoms with E-state index >= 15 is 0 Å². The minimum absolute atomic E-state index is 0.0280. The molecular weight excluding hydrogens is 370 g/mol. The quantitative estimate of drug-likeness (QED) is 0.795. The van der Waals surface area contributed by atoms with E-state index in [2.05, 4.69) is 5.32 Å². The number of carbonyl (C=O) groups excluding carboxylic acids is 3. The van der Waals surface area contributed by atoms with Crippen LogP contribution in [0.2, 0.25) is 5.02 Å². The van der Waals surface area contributed by atoms with Crippen molar-refractivity contribution >= 4 is 40.7 Å². The molecule has 7 nitrogen and oxygen atoms in total. The summed E-state index contributed by atoms with van der Waals surface area (Å²) in [6.45, 7) is 0.291. The van der Waals surface area contributed by atoms with Crippen molar-refractivity contribution in [2.75, 3.05) is 23.4 Å². The molecule has 1 saturated heterocycles. The normalized spacial score (nSPS) is 13.5.